The first-order valence-corrected chi connectivity index (χ1v) is 7.54. The molecule has 0 radical (unpaired) electrons. The van der Waals surface area contributed by atoms with Gasteiger partial charge in [-0.05, 0) is 31.4 Å². The number of nitrogens with two attached hydrogens (primary N) is 1. The summed E-state index contributed by atoms with van der Waals surface area (Å²) in [6.07, 6.45) is 0.764. The number of likely N-dealkylation sites (N-methyl/N-ethyl adjacent to an activating group) is 1. The van der Waals surface area contributed by atoms with Crippen molar-refractivity contribution in [2.75, 3.05) is 20.2 Å². The van der Waals surface area contributed by atoms with Crippen molar-refractivity contribution < 1.29 is 14.3 Å². The number of nitrogens with zero attached hydrogens (tertiary/aromatic N) is 1. The Balaban J connectivity index is 2.45. The molecule has 2 N–H and O–H groups in total. The van der Waals surface area contributed by atoms with Crippen molar-refractivity contribution in [2.24, 2.45) is 11.7 Å². The van der Waals surface area contributed by atoms with Gasteiger partial charge in [0.15, 0.2) is 12.4 Å². The van der Waals surface area contributed by atoms with Crippen LogP contribution in [0.15, 0.2) is 24.3 Å². The van der Waals surface area contributed by atoms with Gasteiger partial charge in [-0.1, -0.05) is 26.0 Å². The minimum absolute atomic E-state index is 0.0310. The highest BCUT2D eigenvalue weighted by atomic mass is 16.5. The molecular formula is C17H26N2O3. The molecule has 0 aliphatic rings. The largest absolute Gasteiger partial charge is 0.484 e. The SMILES string of the molecule is CC(=O)c1cccc(OCC(=O)N(C)CCC(N)C(C)C)c1. The number of amides is 1. The van der Waals surface area contributed by atoms with E-state index in [4.69, 9.17) is 10.5 Å². The summed E-state index contributed by atoms with van der Waals surface area (Å²) in [7, 11) is 1.74. The monoisotopic (exact) mass is 306 g/mol. The number of rotatable bonds is 8. The Labute approximate surface area is 132 Å². The molecule has 0 spiro atoms. The third-order valence-corrected chi connectivity index (χ3v) is 3.68. The van der Waals surface area contributed by atoms with Gasteiger partial charge in [-0.15, -0.1) is 0 Å². The Bertz CT molecular complexity index is 514. The molecule has 0 fully saturated rings. The van der Waals surface area contributed by atoms with E-state index in [9.17, 15) is 9.59 Å². The number of benzene rings is 1. The van der Waals surface area contributed by atoms with Crippen molar-refractivity contribution in [3.05, 3.63) is 29.8 Å². The highest BCUT2D eigenvalue weighted by Crippen LogP contribution is 2.14. The molecule has 5 heteroatoms. The average Bonchev–Trinajstić information content (AvgIpc) is 2.49. The second-order valence-corrected chi connectivity index (χ2v) is 5.88. The molecule has 0 aliphatic heterocycles. The fourth-order valence-corrected chi connectivity index (χ4v) is 1.86. The second-order valence-electron chi connectivity index (χ2n) is 5.88. The van der Waals surface area contributed by atoms with Crippen LogP contribution in [0.2, 0.25) is 0 Å². The van der Waals surface area contributed by atoms with Crippen molar-refractivity contribution in [1.82, 2.24) is 4.90 Å². The van der Waals surface area contributed by atoms with Gasteiger partial charge in [0.25, 0.3) is 5.91 Å². The zero-order valence-corrected chi connectivity index (χ0v) is 13.8. The Hall–Kier alpha value is -1.88. The Morgan fingerprint density at radius 2 is 2.00 bits per heavy atom. The van der Waals surface area contributed by atoms with Gasteiger partial charge < -0.3 is 15.4 Å². The molecule has 5 nitrogen and oxygen atoms in total. The zero-order valence-electron chi connectivity index (χ0n) is 13.8. The summed E-state index contributed by atoms with van der Waals surface area (Å²) in [6.45, 7) is 6.19. The summed E-state index contributed by atoms with van der Waals surface area (Å²) in [5, 5.41) is 0. The lowest BCUT2D eigenvalue weighted by Crippen LogP contribution is -2.36. The number of ether oxygens (including phenoxy) is 1. The van der Waals surface area contributed by atoms with Gasteiger partial charge in [0, 0.05) is 25.2 Å². The molecule has 0 saturated heterocycles. The highest BCUT2D eigenvalue weighted by Gasteiger charge is 2.13. The van der Waals surface area contributed by atoms with Gasteiger partial charge >= 0.3 is 0 Å². The van der Waals surface area contributed by atoms with Crippen LogP contribution in [0.25, 0.3) is 0 Å². The van der Waals surface area contributed by atoms with Crippen LogP contribution >= 0.6 is 0 Å². The number of carbonyl (C=O) groups is 2. The highest BCUT2D eigenvalue weighted by molar-refractivity contribution is 5.94. The number of ketones is 1. The lowest BCUT2D eigenvalue weighted by atomic mass is 10.0. The predicted octanol–water partition coefficient (Wildman–Crippen LogP) is 2.10. The van der Waals surface area contributed by atoms with Crippen LogP contribution in [0, 0.1) is 5.92 Å². The van der Waals surface area contributed by atoms with Crippen LogP contribution < -0.4 is 10.5 Å². The lowest BCUT2D eigenvalue weighted by molar-refractivity contribution is -0.132. The Morgan fingerprint density at radius 3 is 2.59 bits per heavy atom. The van der Waals surface area contributed by atoms with E-state index in [0.717, 1.165) is 6.42 Å². The molecule has 1 atom stereocenters. The third-order valence-electron chi connectivity index (χ3n) is 3.68. The van der Waals surface area contributed by atoms with Gasteiger partial charge in [-0.25, -0.2) is 0 Å². The summed E-state index contributed by atoms with van der Waals surface area (Å²) in [4.78, 5) is 24.9. The van der Waals surface area contributed by atoms with Gasteiger partial charge in [0.2, 0.25) is 0 Å². The van der Waals surface area contributed by atoms with E-state index in [2.05, 4.69) is 13.8 Å². The molecule has 0 saturated carbocycles. The van der Waals surface area contributed by atoms with E-state index in [1.54, 1.807) is 36.2 Å². The van der Waals surface area contributed by atoms with E-state index < -0.39 is 0 Å². The summed E-state index contributed by atoms with van der Waals surface area (Å²) in [5.41, 5.74) is 6.54. The minimum Gasteiger partial charge on any atom is -0.484 e. The van der Waals surface area contributed by atoms with E-state index in [-0.39, 0.29) is 24.3 Å². The molecule has 0 bridgehead atoms. The maximum absolute atomic E-state index is 12.0. The first-order chi connectivity index (χ1) is 10.3. The quantitative estimate of drug-likeness (QED) is 0.747. The van der Waals surface area contributed by atoms with E-state index in [1.807, 2.05) is 0 Å². The lowest BCUT2D eigenvalue weighted by Gasteiger charge is -2.21. The number of carbonyl (C=O) groups excluding carboxylic acids is 2. The molecular weight excluding hydrogens is 280 g/mol. The third kappa shape index (κ3) is 5.85. The van der Waals surface area contributed by atoms with Crippen LogP contribution in [-0.4, -0.2) is 42.8 Å². The minimum atomic E-state index is -0.107. The van der Waals surface area contributed by atoms with Crippen molar-refractivity contribution in [3.63, 3.8) is 0 Å². The Morgan fingerprint density at radius 1 is 1.32 bits per heavy atom. The molecule has 0 aliphatic carbocycles. The number of hydrogen-bond donors (Lipinski definition) is 1. The standard InChI is InChI=1S/C17H26N2O3/c1-12(2)16(18)8-9-19(4)17(21)11-22-15-7-5-6-14(10-15)13(3)20/h5-7,10,12,16H,8-9,11,18H2,1-4H3. The van der Waals surface area contributed by atoms with Crippen LogP contribution in [-0.2, 0) is 4.79 Å². The van der Waals surface area contributed by atoms with Crippen LogP contribution in [0.3, 0.4) is 0 Å². The molecule has 1 aromatic rings. The number of Topliss-reactive ketones (excluding diaryl/α,β-unsaturated/α-hetero) is 1. The molecule has 1 aromatic carbocycles. The van der Waals surface area contributed by atoms with Crippen molar-refractivity contribution >= 4 is 11.7 Å². The summed E-state index contributed by atoms with van der Waals surface area (Å²) in [5.74, 6) is 0.781. The van der Waals surface area contributed by atoms with Crippen molar-refractivity contribution in [1.29, 1.82) is 0 Å². The molecule has 22 heavy (non-hydrogen) atoms. The van der Waals surface area contributed by atoms with Gasteiger partial charge in [0.05, 0.1) is 0 Å². The smallest absolute Gasteiger partial charge is 0.260 e. The molecule has 0 heterocycles. The number of hydrogen-bond acceptors (Lipinski definition) is 4. The molecule has 0 aromatic heterocycles. The zero-order chi connectivity index (χ0) is 16.7. The fraction of sp³-hybridized carbons (Fsp3) is 0.529. The molecule has 122 valence electrons. The van der Waals surface area contributed by atoms with Crippen LogP contribution in [0.1, 0.15) is 37.6 Å². The molecule has 1 unspecified atom stereocenters. The summed E-state index contributed by atoms with van der Waals surface area (Å²) in [6, 6.07) is 6.92. The van der Waals surface area contributed by atoms with Gasteiger partial charge in [-0.2, -0.15) is 0 Å². The summed E-state index contributed by atoms with van der Waals surface area (Å²) >= 11 is 0. The van der Waals surface area contributed by atoms with Gasteiger partial charge in [0.1, 0.15) is 5.75 Å². The normalized spacial score (nSPS) is 12.1. The second kappa shape index (κ2) is 8.54. The topological polar surface area (TPSA) is 72.6 Å². The van der Waals surface area contributed by atoms with Crippen molar-refractivity contribution in [3.8, 4) is 5.75 Å². The van der Waals surface area contributed by atoms with E-state index in [1.165, 1.54) is 6.92 Å². The van der Waals surface area contributed by atoms with Crippen molar-refractivity contribution in [2.45, 2.75) is 33.2 Å². The average molecular weight is 306 g/mol. The molecule has 1 rings (SSSR count). The Kier molecular flexibility index (Phi) is 7.05. The van der Waals surface area contributed by atoms with Crippen LogP contribution in [0.4, 0.5) is 0 Å². The van der Waals surface area contributed by atoms with E-state index in [0.29, 0.717) is 23.8 Å². The first kappa shape index (κ1) is 18.2. The fourth-order valence-electron chi connectivity index (χ4n) is 1.86. The van der Waals surface area contributed by atoms with Crippen LogP contribution in [0.5, 0.6) is 5.75 Å². The predicted molar refractivity (Wildman–Crippen MR) is 87.0 cm³/mol. The molecule has 1 amide bonds. The van der Waals surface area contributed by atoms with E-state index >= 15 is 0 Å². The first-order valence-electron chi connectivity index (χ1n) is 7.54. The maximum Gasteiger partial charge on any atom is 0.260 e. The summed E-state index contributed by atoms with van der Waals surface area (Å²) < 4.78 is 5.46. The maximum atomic E-state index is 12.0. The van der Waals surface area contributed by atoms with Gasteiger partial charge in [-0.3, -0.25) is 9.59 Å².